The number of sulfonamides is 1. The van der Waals surface area contributed by atoms with Crippen LogP contribution in [0.1, 0.15) is 23.2 Å². The minimum atomic E-state index is -3.87. The third-order valence-corrected chi connectivity index (χ3v) is 5.13. The Morgan fingerprint density at radius 1 is 1.46 bits per heavy atom. The van der Waals surface area contributed by atoms with Crippen LogP contribution in [0.15, 0.2) is 23.1 Å². The molecule has 0 saturated carbocycles. The van der Waals surface area contributed by atoms with Crippen molar-refractivity contribution in [1.82, 2.24) is 4.72 Å². The van der Waals surface area contributed by atoms with Gasteiger partial charge in [0, 0.05) is 26.8 Å². The van der Waals surface area contributed by atoms with Crippen LogP contribution in [0.5, 0.6) is 0 Å². The number of carboxylic acids is 1. The lowest BCUT2D eigenvalue weighted by Gasteiger charge is -2.15. The Kier molecular flexibility index (Phi) is 6.55. The van der Waals surface area contributed by atoms with E-state index in [1.165, 1.54) is 19.2 Å². The van der Waals surface area contributed by atoms with Gasteiger partial charge >= 0.3 is 5.97 Å². The van der Waals surface area contributed by atoms with Gasteiger partial charge in [0.15, 0.2) is 0 Å². The second-order valence-electron chi connectivity index (χ2n) is 5.42. The molecule has 0 amide bonds. The van der Waals surface area contributed by atoms with E-state index in [4.69, 9.17) is 14.6 Å². The largest absolute Gasteiger partial charge is 0.478 e. The van der Waals surface area contributed by atoms with E-state index < -0.39 is 16.0 Å². The minimum Gasteiger partial charge on any atom is -0.478 e. The molecule has 1 heterocycles. The Labute approximate surface area is 141 Å². The lowest BCUT2D eigenvalue weighted by Crippen LogP contribution is -2.32. The van der Waals surface area contributed by atoms with Crippen LogP contribution >= 0.6 is 0 Å². The highest BCUT2D eigenvalue weighted by molar-refractivity contribution is 7.89. The normalized spacial score (nSPS) is 17.8. The first kappa shape index (κ1) is 18.7. The summed E-state index contributed by atoms with van der Waals surface area (Å²) in [4.78, 5) is 11.0. The van der Waals surface area contributed by atoms with Gasteiger partial charge in [-0.25, -0.2) is 17.9 Å². The molecule has 0 unspecified atom stereocenters. The number of nitrogens with one attached hydrogen (secondary N) is 2. The minimum absolute atomic E-state index is 0.0928. The first-order valence-corrected chi connectivity index (χ1v) is 9.14. The van der Waals surface area contributed by atoms with Crippen molar-refractivity contribution in [2.24, 2.45) is 0 Å². The van der Waals surface area contributed by atoms with Crippen molar-refractivity contribution in [2.75, 3.05) is 38.7 Å². The molecule has 2 rings (SSSR count). The number of rotatable bonds is 9. The van der Waals surface area contributed by atoms with Crippen molar-refractivity contribution in [3.8, 4) is 0 Å². The van der Waals surface area contributed by atoms with E-state index in [2.05, 4.69) is 10.0 Å². The van der Waals surface area contributed by atoms with Crippen LogP contribution in [-0.4, -0.2) is 59.0 Å². The average Bonchev–Trinajstić information content (AvgIpc) is 3.07. The fourth-order valence-electron chi connectivity index (χ4n) is 2.40. The first-order chi connectivity index (χ1) is 11.4. The molecule has 9 heteroatoms. The smallest absolute Gasteiger partial charge is 0.335 e. The molecule has 1 atom stereocenters. The molecule has 3 N–H and O–H groups in total. The lowest BCUT2D eigenvalue weighted by atomic mass is 10.2. The molecule has 1 aliphatic heterocycles. The number of ether oxygens (including phenoxy) is 2. The van der Waals surface area contributed by atoms with Crippen LogP contribution in [0.25, 0.3) is 0 Å². The number of carbonyl (C=O) groups is 1. The molecule has 8 nitrogen and oxygen atoms in total. The Hall–Kier alpha value is -1.68. The molecule has 0 aliphatic carbocycles. The molecule has 134 valence electrons. The van der Waals surface area contributed by atoms with E-state index in [0.717, 1.165) is 18.9 Å². The van der Waals surface area contributed by atoms with Gasteiger partial charge < -0.3 is 19.9 Å². The number of anilines is 1. The predicted molar refractivity (Wildman–Crippen MR) is 87.9 cm³/mol. The monoisotopic (exact) mass is 358 g/mol. The number of hydrogen-bond acceptors (Lipinski definition) is 6. The van der Waals surface area contributed by atoms with Crippen LogP contribution < -0.4 is 10.0 Å². The zero-order valence-corrected chi connectivity index (χ0v) is 14.3. The van der Waals surface area contributed by atoms with Crippen LogP contribution in [0.4, 0.5) is 5.69 Å². The molecular weight excluding hydrogens is 336 g/mol. The fourth-order valence-corrected chi connectivity index (χ4v) is 3.67. The van der Waals surface area contributed by atoms with E-state index in [1.54, 1.807) is 0 Å². The number of hydrogen-bond donors (Lipinski definition) is 3. The quantitative estimate of drug-likeness (QED) is 0.562. The van der Waals surface area contributed by atoms with Crippen LogP contribution in [0, 0.1) is 0 Å². The summed E-state index contributed by atoms with van der Waals surface area (Å²) >= 11 is 0. The van der Waals surface area contributed by atoms with Crippen molar-refractivity contribution >= 4 is 21.7 Å². The molecule has 1 aromatic rings. The fraction of sp³-hybridized carbons (Fsp3) is 0.533. The van der Waals surface area contributed by atoms with Gasteiger partial charge in [0.2, 0.25) is 10.0 Å². The summed E-state index contributed by atoms with van der Waals surface area (Å²) in [5.74, 6) is -1.19. The Balaban J connectivity index is 2.21. The highest BCUT2D eigenvalue weighted by atomic mass is 32.2. The van der Waals surface area contributed by atoms with Gasteiger partial charge in [0.1, 0.15) is 4.90 Å². The zero-order chi connectivity index (χ0) is 17.6. The number of methoxy groups -OCH3 is 1. The molecular formula is C15H22N2O6S. The van der Waals surface area contributed by atoms with Crippen LogP contribution in [-0.2, 0) is 19.5 Å². The number of carboxylic acid groups (broad SMARTS) is 1. The van der Waals surface area contributed by atoms with E-state index >= 15 is 0 Å². The number of aromatic carboxylic acids is 1. The molecule has 24 heavy (non-hydrogen) atoms. The molecule has 0 radical (unpaired) electrons. The summed E-state index contributed by atoms with van der Waals surface area (Å²) < 4.78 is 38.0. The highest BCUT2D eigenvalue weighted by Gasteiger charge is 2.23. The Bertz CT molecular complexity index is 671. The number of benzene rings is 1. The van der Waals surface area contributed by atoms with E-state index in [9.17, 15) is 13.2 Å². The SMILES string of the molecule is COCCNc1ccc(C(=O)O)cc1S(=O)(=O)NC[C@H]1CCCO1. The van der Waals surface area contributed by atoms with Gasteiger partial charge in [-0.1, -0.05) is 0 Å². The van der Waals surface area contributed by atoms with Crippen molar-refractivity contribution in [1.29, 1.82) is 0 Å². The third kappa shape index (κ3) is 4.91. The molecule has 1 saturated heterocycles. The van der Waals surface area contributed by atoms with Gasteiger partial charge in [-0.2, -0.15) is 0 Å². The summed E-state index contributed by atoms with van der Waals surface area (Å²) in [6, 6.07) is 3.95. The van der Waals surface area contributed by atoms with Gasteiger partial charge in [-0.05, 0) is 31.0 Å². The topological polar surface area (TPSA) is 114 Å². The standard InChI is InChI=1S/C15H22N2O6S/c1-22-8-6-16-13-5-4-11(15(18)19)9-14(13)24(20,21)17-10-12-3-2-7-23-12/h4-5,9,12,16-17H,2-3,6-8,10H2,1H3,(H,18,19)/t12-/m1/s1. The summed E-state index contributed by atoms with van der Waals surface area (Å²) in [6.07, 6.45) is 1.56. The van der Waals surface area contributed by atoms with Crippen LogP contribution in [0.3, 0.4) is 0 Å². The maximum atomic E-state index is 12.6. The van der Waals surface area contributed by atoms with Crippen molar-refractivity contribution in [3.05, 3.63) is 23.8 Å². The van der Waals surface area contributed by atoms with E-state index in [1.807, 2.05) is 0 Å². The predicted octanol–water partition coefficient (Wildman–Crippen LogP) is 0.900. The molecule has 0 bridgehead atoms. The van der Waals surface area contributed by atoms with Crippen molar-refractivity contribution in [2.45, 2.75) is 23.8 Å². The van der Waals surface area contributed by atoms with Gasteiger partial charge in [0.25, 0.3) is 0 Å². The lowest BCUT2D eigenvalue weighted by molar-refractivity contribution is 0.0696. The summed E-state index contributed by atoms with van der Waals surface area (Å²) in [5, 5.41) is 12.1. The second-order valence-corrected chi connectivity index (χ2v) is 7.16. The third-order valence-electron chi connectivity index (χ3n) is 3.66. The maximum absolute atomic E-state index is 12.6. The van der Waals surface area contributed by atoms with Crippen molar-refractivity contribution in [3.63, 3.8) is 0 Å². The molecule has 1 aromatic carbocycles. The Morgan fingerprint density at radius 2 is 2.25 bits per heavy atom. The van der Waals surface area contributed by atoms with Gasteiger partial charge in [0.05, 0.1) is 24.0 Å². The maximum Gasteiger partial charge on any atom is 0.335 e. The van der Waals surface area contributed by atoms with Crippen molar-refractivity contribution < 1.29 is 27.8 Å². The Morgan fingerprint density at radius 3 is 2.88 bits per heavy atom. The molecule has 1 fully saturated rings. The van der Waals surface area contributed by atoms with Gasteiger partial charge in [-0.15, -0.1) is 0 Å². The summed E-state index contributed by atoms with van der Waals surface area (Å²) in [5.41, 5.74) is 0.238. The van der Waals surface area contributed by atoms with E-state index in [0.29, 0.717) is 25.4 Å². The second kappa shape index (κ2) is 8.43. The molecule has 0 aromatic heterocycles. The first-order valence-electron chi connectivity index (χ1n) is 7.65. The summed E-state index contributed by atoms with van der Waals surface area (Å²) in [7, 11) is -2.33. The molecule has 0 spiro atoms. The van der Waals surface area contributed by atoms with E-state index in [-0.39, 0.29) is 23.1 Å². The average molecular weight is 358 g/mol. The molecule has 1 aliphatic rings. The van der Waals surface area contributed by atoms with Gasteiger partial charge in [-0.3, -0.25) is 0 Å². The highest BCUT2D eigenvalue weighted by Crippen LogP contribution is 2.23. The van der Waals surface area contributed by atoms with Crippen LogP contribution in [0.2, 0.25) is 0 Å². The summed E-state index contributed by atoms with van der Waals surface area (Å²) in [6.45, 7) is 1.59. The zero-order valence-electron chi connectivity index (χ0n) is 13.4.